The number of para-hydroxylation sites is 1. The zero-order valence-electron chi connectivity index (χ0n) is 30.9. The number of likely N-dealkylation sites (tertiary alicyclic amines) is 1. The number of aromatic nitrogens is 1. The number of carbonyl (C=O) groups excluding carboxylic acids is 4. The second kappa shape index (κ2) is 14.5. The van der Waals surface area contributed by atoms with Gasteiger partial charge in [0.05, 0.1) is 34.9 Å². The van der Waals surface area contributed by atoms with E-state index in [1.807, 2.05) is 48.5 Å². The van der Waals surface area contributed by atoms with Crippen LogP contribution in [0.25, 0.3) is 10.9 Å². The first-order valence-electron chi connectivity index (χ1n) is 17.7. The SMILES string of the molecule is C=C[C@@H]1C[C@]1(NC(=O)[C@H]1C[C@@H](Oc2cc(OCC)nc3c(Cl)cccc23)CN1C(=O)[C@@H](CC(=O)NC(C)(C)C)C(C)(C)C)C(=O)NS(=O)(=O)C1CC1. The Morgan fingerprint density at radius 2 is 1.85 bits per heavy atom. The highest BCUT2D eigenvalue weighted by molar-refractivity contribution is 7.91. The van der Waals surface area contributed by atoms with Crippen molar-refractivity contribution >= 4 is 56.2 Å². The van der Waals surface area contributed by atoms with Gasteiger partial charge in [-0.1, -0.05) is 44.5 Å². The van der Waals surface area contributed by atoms with Crippen LogP contribution in [0.4, 0.5) is 0 Å². The van der Waals surface area contributed by atoms with Crippen molar-refractivity contribution < 1.29 is 37.1 Å². The number of sulfonamides is 1. The predicted molar refractivity (Wildman–Crippen MR) is 197 cm³/mol. The lowest BCUT2D eigenvalue weighted by Gasteiger charge is -2.35. The molecule has 52 heavy (non-hydrogen) atoms. The lowest BCUT2D eigenvalue weighted by Crippen LogP contribution is -2.57. The molecule has 13 nitrogen and oxygen atoms in total. The molecule has 5 rings (SSSR count). The van der Waals surface area contributed by atoms with Crippen LogP contribution in [-0.2, 0) is 29.2 Å². The van der Waals surface area contributed by atoms with Gasteiger partial charge < -0.3 is 25.0 Å². The normalized spacial score (nSPS) is 23.8. The van der Waals surface area contributed by atoms with Crippen LogP contribution in [0.15, 0.2) is 36.9 Å². The van der Waals surface area contributed by atoms with Gasteiger partial charge in [-0.3, -0.25) is 23.9 Å². The van der Waals surface area contributed by atoms with Gasteiger partial charge in [-0.05, 0) is 64.5 Å². The minimum atomic E-state index is -3.90. The van der Waals surface area contributed by atoms with Crippen molar-refractivity contribution in [1.29, 1.82) is 0 Å². The van der Waals surface area contributed by atoms with E-state index in [2.05, 4.69) is 26.9 Å². The average molecular weight is 760 g/mol. The summed E-state index contributed by atoms with van der Waals surface area (Å²) in [6.07, 6.45) is 1.78. The Kier molecular flexibility index (Phi) is 11.0. The Bertz CT molecular complexity index is 1870. The van der Waals surface area contributed by atoms with Gasteiger partial charge in [0.1, 0.15) is 23.4 Å². The average Bonchev–Trinajstić information content (AvgIpc) is 3.96. The molecule has 2 saturated carbocycles. The third kappa shape index (κ3) is 8.65. The molecule has 0 bridgehead atoms. The van der Waals surface area contributed by atoms with Crippen LogP contribution >= 0.6 is 11.6 Å². The molecule has 2 aromatic rings. The molecule has 4 amide bonds. The van der Waals surface area contributed by atoms with Gasteiger partial charge in [0.25, 0.3) is 5.91 Å². The van der Waals surface area contributed by atoms with E-state index in [0.717, 1.165) is 0 Å². The van der Waals surface area contributed by atoms with Gasteiger partial charge in [0, 0.05) is 35.8 Å². The number of amides is 4. The topological polar surface area (TPSA) is 173 Å². The first-order valence-corrected chi connectivity index (χ1v) is 19.6. The van der Waals surface area contributed by atoms with E-state index in [-0.39, 0.29) is 37.6 Å². The number of fused-ring (bicyclic) bond motifs is 1. The van der Waals surface area contributed by atoms with Crippen molar-refractivity contribution in [2.45, 2.75) is 109 Å². The van der Waals surface area contributed by atoms with Crippen molar-refractivity contribution in [1.82, 2.24) is 25.2 Å². The second-order valence-corrected chi connectivity index (χ2v) is 18.5. The van der Waals surface area contributed by atoms with E-state index in [1.165, 1.54) is 11.0 Å². The number of nitrogens with one attached hydrogen (secondary N) is 3. The maximum atomic E-state index is 14.6. The Labute approximate surface area is 310 Å². The molecule has 2 aliphatic carbocycles. The van der Waals surface area contributed by atoms with Gasteiger partial charge in [-0.15, -0.1) is 6.58 Å². The van der Waals surface area contributed by atoms with E-state index < -0.39 is 73.5 Å². The van der Waals surface area contributed by atoms with Crippen LogP contribution in [0.1, 0.15) is 80.6 Å². The Hall–Kier alpha value is -3.91. The van der Waals surface area contributed by atoms with E-state index in [0.29, 0.717) is 41.1 Å². The molecule has 1 aromatic heterocycles. The zero-order valence-corrected chi connectivity index (χ0v) is 32.4. The van der Waals surface area contributed by atoms with Crippen molar-refractivity contribution in [3.05, 3.63) is 41.9 Å². The first kappa shape index (κ1) is 39.3. The van der Waals surface area contributed by atoms with Crippen molar-refractivity contribution in [3.63, 3.8) is 0 Å². The number of rotatable bonds is 13. The third-order valence-electron chi connectivity index (χ3n) is 9.66. The molecule has 284 valence electrons. The maximum Gasteiger partial charge on any atom is 0.259 e. The summed E-state index contributed by atoms with van der Waals surface area (Å²) in [5.41, 5.74) is -2.29. The maximum absolute atomic E-state index is 14.6. The van der Waals surface area contributed by atoms with Crippen molar-refractivity contribution in [2.75, 3.05) is 13.2 Å². The molecule has 3 aliphatic rings. The van der Waals surface area contributed by atoms with Gasteiger partial charge in [-0.2, -0.15) is 0 Å². The molecule has 0 radical (unpaired) electrons. The van der Waals surface area contributed by atoms with E-state index in [1.54, 1.807) is 24.3 Å². The largest absolute Gasteiger partial charge is 0.488 e. The van der Waals surface area contributed by atoms with Gasteiger partial charge in [0.15, 0.2) is 0 Å². The Morgan fingerprint density at radius 1 is 1.15 bits per heavy atom. The molecule has 1 aliphatic heterocycles. The van der Waals surface area contributed by atoms with Gasteiger partial charge in [0.2, 0.25) is 33.6 Å². The number of hydrogen-bond donors (Lipinski definition) is 3. The summed E-state index contributed by atoms with van der Waals surface area (Å²) < 4.78 is 39.8. The summed E-state index contributed by atoms with van der Waals surface area (Å²) in [6, 6.07) is 5.77. The predicted octanol–water partition coefficient (Wildman–Crippen LogP) is 4.27. The monoisotopic (exact) mass is 759 g/mol. The molecule has 3 fully saturated rings. The summed E-state index contributed by atoms with van der Waals surface area (Å²) in [7, 11) is -3.90. The van der Waals surface area contributed by atoms with Crippen LogP contribution in [-0.4, -0.2) is 83.6 Å². The quantitative estimate of drug-likeness (QED) is 0.252. The highest BCUT2D eigenvalue weighted by atomic mass is 35.5. The first-order chi connectivity index (χ1) is 24.2. The minimum Gasteiger partial charge on any atom is -0.488 e. The fraction of sp³-hybridized carbons (Fsp3) is 0.595. The van der Waals surface area contributed by atoms with Gasteiger partial charge in [-0.25, -0.2) is 13.4 Å². The van der Waals surface area contributed by atoms with Crippen LogP contribution in [0.5, 0.6) is 11.6 Å². The molecule has 1 aromatic carbocycles. The zero-order chi connectivity index (χ0) is 38.4. The number of carbonyl (C=O) groups is 4. The standard InChI is InChI=1S/C37H50ClN5O8S/c1-9-21-19-37(21,34(47)42-52(48,49)23-14-15-23)41-32(45)27-16-22(51-28-18-30(50-10-2)39-31-24(28)12-11-13-26(31)38)20-43(27)33(46)25(35(3,4)5)17-29(44)40-36(6,7)8/h9,11-13,18,21-23,25,27H,1,10,14-17,19-20H2,2-8H3,(H,40,44)(H,41,45)(H,42,47)/t21-,22-,25-,27-,37-/m1/s1. The van der Waals surface area contributed by atoms with Crippen LogP contribution in [0.3, 0.4) is 0 Å². The Morgan fingerprint density at radius 3 is 2.42 bits per heavy atom. The molecule has 5 atom stereocenters. The smallest absolute Gasteiger partial charge is 0.259 e. The molecule has 1 saturated heterocycles. The minimum absolute atomic E-state index is 0.0150. The summed E-state index contributed by atoms with van der Waals surface area (Å²) in [5.74, 6) is -2.88. The molecular formula is C37H50ClN5O8S. The molecule has 0 unspecified atom stereocenters. The summed E-state index contributed by atoms with van der Waals surface area (Å²) in [6.45, 7) is 17.1. The molecular weight excluding hydrogens is 710 g/mol. The van der Waals surface area contributed by atoms with Crippen LogP contribution in [0, 0.1) is 17.3 Å². The van der Waals surface area contributed by atoms with Crippen molar-refractivity contribution in [3.8, 4) is 11.6 Å². The molecule has 2 heterocycles. The van der Waals surface area contributed by atoms with E-state index in [9.17, 15) is 27.6 Å². The van der Waals surface area contributed by atoms with Crippen LogP contribution < -0.4 is 24.8 Å². The second-order valence-electron chi connectivity index (χ2n) is 16.1. The molecule has 0 spiro atoms. The lowest BCUT2D eigenvalue weighted by atomic mass is 9.77. The lowest BCUT2D eigenvalue weighted by molar-refractivity contribution is -0.147. The highest BCUT2D eigenvalue weighted by Gasteiger charge is 2.62. The molecule has 15 heteroatoms. The third-order valence-corrected chi connectivity index (χ3v) is 11.8. The summed E-state index contributed by atoms with van der Waals surface area (Å²) in [4.78, 5) is 61.5. The number of nitrogens with zero attached hydrogens (tertiary/aromatic N) is 2. The summed E-state index contributed by atoms with van der Waals surface area (Å²) >= 11 is 6.49. The fourth-order valence-electron chi connectivity index (χ4n) is 6.67. The number of ether oxygens (including phenoxy) is 2. The molecule has 3 N–H and O–H groups in total. The van der Waals surface area contributed by atoms with Gasteiger partial charge >= 0.3 is 0 Å². The fourth-order valence-corrected chi connectivity index (χ4v) is 8.25. The number of pyridine rings is 1. The summed E-state index contributed by atoms with van der Waals surface area (Å²) in [5, 5.41) is 6.09. The highest BCUT2D eigenvalue weighted by Crippen LogP contribution is 2.46. The number of benzene rings is 1. The Balaban J connectivity index is 1.48. The number of halogens is 1. The van der Waals surface area contributed by atoms with Crippen LogP contribution in [0.2, 0.25) is 5.02 Å². The van der Waals surface area contributed by atoms with E-state index >= 15 is 0 Å². The van der Waals surface area contributed by atoms with E-state index in [4.69, 9.17) is 21.1 Å². The van der Waals surface area contributed by atoms with Crippen molar-refractivity contribution in [2.24, 2.45) is 17.3 Å². The number of hydrogen-bond acceptors (Lipinski definition) is 9.